The standard InChI is InChI=1S/C20H22BrClN2O3S/c1-13-3-6-19(14(2)11-13)28(26,27)24-9-7-15(8-10-24)20(25)23-18-5-4-16(21)12-17(18)22/h3-6,11-12,15H,7-10H2,1-2H3,(H,23,25). The highest BCUT2D eigenvalue weighted by molar-refractivity contribution is 9.10. The molecule has 2 aromatic carbocycles. The van der Waals surface area contributed by atoms with Crippen molar-refractivity contribution >= 4 is 49.1 Å². The summed E-state index contributed by atoms with van der Waals surface area (Å²) in [6.07, 6.45) is 0.953. The van der Waals surface area contributed by atoms with E-state index in [1.165, 1.54) is 4.31 Å². The van der Waals surface area contributed by atoms with Crippen molar-refractivity contribution in [2.75, 3.05) is 18.4 Å². The van der Waals surface area contributed by atoms with E-state index in [9.17, 15) is 13.2 Å². The fourth-order valence-electron chi connectivity index (χ4n) is 3.41. The molecule has 0 spiro atoms. The van der Waals surface area contributed by atoms with Crippen LogP contribution in [0.25, 0.3) is 0 Å². The van der Waals surface area contributed by atoms with Gasteiger partial charge in [0.15, 0.2) is 0 Å². The molecule has 1 N–H and O–H groups in total. The van der Waals surface area contributed by atoms with E-state index in [1.54, 1.807) is 24.3 Å². The molecular weight excluding hydrogens is 464 g/mol. The Hall–Kier alpha value is -1.41. The summed E-state index contributed by atoms with van der Waals surface area (Å²) in [6, 6.07) is 10.6. The van der Waals surface area contributed by atoms with Crippen molar-refractivity contribution in [2.45, 2.75) is 31.6 Å². The lowest BCUT2D eigenvalue weighted by molar-refractivity contribution is -0.120. The molecule has 1 amide bonds. The summed E-state index contributed by atoms with van der Waals surface area (Å²) in [5.74, 6) is -0.377. The number of hydrogen-bond acceptors (Lipinski definition) is 3. The normalized spacial score (nSPS) is 16.1. The number of rotatable bonds is 4. The van der Waals surface area contributed by atoms with Crippen molar-refractivity contribution in [1.29, 1.82) is 0 Å². The molecule has 5 nitrogen and oxygen atoms in total. The van der Waals surface area contributed by atoms with Crippen LogP contribution in [0.2, 0.25) is 5.02 Å². The quantitative estimate of drug-likeness (QED) is 0.679. The van der Waals surface area contributed by atoms with Gasteiger partial charge in [-0.1, -0.05) is 45.2 Å². The van der Waals surface area contributed by atoms with Crippen LogP contribution in [0.15, 0.2) is 45.8 Å². The van der Waals surface area contributed by atoms with Gasteiger partial charge in [0.25, 0.3) is 0 Å². The third kappa shape index (κ3) is 4.59. The molecule has 150 valence electrons. The Kier molecular flexibility index (Phi) is 6.49. The second-order valence-corrected chi connectivity index (χ2v) is 10.3. The molecule has 1 aliphatic rings. The zero-order valence-electron chi connectivity index (χ0n) is 15.7. The van der Waals surface area contributed by atoms with Gasteiger partial charge < -0.3 is 5.32 Å². The third-order valence-corrected chi connectivity index (χ3v) is 7.83. The van der Waals surface area contributed by atoms with Gasteiger partial charge in [0, 0.05) is 23.5 Å². The number of carbonyl (C=O) groups excluding carboxylic acids is 1. The van der Waals surface area contributed by atoms with E-state index in [4.69, 9.17) is 11.6 Å². The number of anilines is 1. The maximum Gasteiger partial charge on any atom is 0.243 e. The fourth-order valence-corrected chi connectivity index (χ4v) is 5.81. The average molecular weight is 486 g/mol. The van der Waals surface area contributed by atoms with Crippen LogP contribution in [0.5, 0.6) is 0 Å². The highest BCUT2D eigenvalue weighted by Gasteiger charge is 2.33. The Morgan fingerprint density at radius 1 is 1.14 bits per heavy atom. The van der Waals surface area contributed by atoms with Gasteiger partial charge in [-0.25, -0.2) is 8.42 Å². The van der Waals surface area contributed by atoms with E-state index >= 15 is 0 Å². The lowest BCUT2D eigenvalue weighted by Crippen LogP contribution is -2.41. The molecule has 1 saturated heterocycles. The molecule has 1 heterocycles. The molecule has 3 rings (SSSR count). The summed E-state index contributed by atoms with van der Waals surface area (Å²) in [7, 11) is -3.55. The average Bonchev–Trinajstić information content (AvgIpc) is 2.63. The summed E-state index contributed by atoms with van der Waals surface area (Å²) >= 11 is 9.49. The maximum absolute atomic E-state index is 13.0. The van der Waals surface area contributed by atoms with Crippen molar-refractivity contribution in [2.24, 2.45) is 5.92 Å². The number of amides is 1. The van der Waals surface area contributed by atoms with Crippen LogP contribution in [-0.4, -0.2) is 31.7 Å². The molecule has 0 unspecified atom stereocenters. The van der Waals surface area contributed by atoms with Gasteiger partial charge in [0.2, 0.25) is 15.9 Å². The van der Waals surface area contributed by atoms with Crippen LogP contribution >= 0.6 is 27.5 Å². The topological polar surface area (TPSA) is 66.5 Å². The Bertz CT molecular complexity index is 1000. The number of carbonyl (C=O) groups is 1. The van der Waals surface area contributed by atoms with E-state index in [-0.39, 0.29) is 11.8 Å². The molecular formula is C20H22BrClN2O3S. The largest absolute Gasteiger partial charge is 0.325 e. The van der Waals surface area contributed by atoms with E-state index in [0.29, 0.717) is 41.5 Å². The van der Waals surface area contributed by atoms with E-state index in [1.807, 2.05) is 26.0 Å². The Morgan fingerprint density at radius 2 is 1.82 bits per heavy atom. The van der Waals surface area contributed by atoms with Crippen LogP contribution in [0.4, 0.5) is 5.69 Å². The number of aryl methyl sites for hydroxylation is 2. The van der Waals surface area contributed by atoms with Crippen LogP contribution in [0.3, 0.4) is 0 Å². The van der Waals surface area contributed by atoms with Crippen LogP contribution in [0, 0.1) is 19.8 Å². The van der Waals surface area contributed by atoms with Gasteiger partial charge in [-0.15, -0.1) is 0 Å². The molecule has 1 fully saturated rings. The summed E-state index contributed by atoms with van der Waals surface area (Å²) in [5.41, 5.74) is 2.32. The molecule has 0 radical (unpaired) electrons. The van der Waals surface area contributed by atoms with Crippen molar-refractivity contribution in [1.82, 2.24) is 4.31 Å². The molecule has 2 aromatic rings. The van der Waals surface area contributed by atoms with Gasteiger partial charge in [-0.2, -0.15) is 4.31 Å². The molecule has 28 heavy (non-hydrogen) atoms. The van der Waals surface area contributed by atoms with E-state index in [2.05, 4.69) is 21.2 Å². The van der Waals surface area contributed by atoms with Gasteiger partial charge >= 0.3 is 0 Å². The van der Waals surface area contributed by atoms with Gasteiger partial charge in [-0.3, -0.25) is 4.79 Å². The first-order valence-corrected chi connectivity index (χ1v) is 11.6. The fraction of sp³-hybridized carbons (Fsp3) is 0.350. The lowest BCUT2D eigenvalue weighted by atomic mass is 9.97. The predicted molar refractivity (Wildman–Crippen MR) is 115 cm³/mol. The molecule has 0 saturated carbocycles. The van der Waals surface area contributed by atoms with Gasteiger partial charge in [0.1, 0.15) is 0 Å². The van der Waals surface area contributed by atoms with E-state index in [0.717, 1.165) is 15.6 Å². The second-order valence-electron chi connectivity index (χ2n) is 7.06. The summed E-state index contributed by atoms with van der Waals surface area (Å²) < 4.78 is 28.2. The minimum Gasteiger partial charge on any atom is -0.325 e. The Morgan fingerprint density at radius 3 is 2.43 bits per heavy atom. The van der Waals surface area contributed by atoms with Crippen molar-refractivity contribution in [3.8, 4) is 0 Å². The lowest BCUT2D eigenvalue weighted by Gasteiger charge is -2.31. The zero-order valence-corrected chi connectivity index (χ0v) is 18.9. The number of nitrogens with one attached hydrogen (secondary N) is 1. The smallest absolute Gasteiger partial charge is 0.243 e. The number of sulfonamides is 1. The monoisotopic (exact) mass is 484 g/mol. The zero-order chi connectivity index (χ0) is 20.5. The Balaban J connectivity index is 1.65. The highest BCUT2D eigenvalue weighted by Crippen LogP contribution is 2.29. The number of benzene rings is 2. The third-order valence-electron chi connectivity index (χ3n) is 4.96. The summed E-state index contributed by atoms with van der Waals surface area (Å²) in [4.78, 5) is 12.9. The number of halogens is 2. The first kappa shape index (κ1) is 21.3. The van der Waals surface area contributed by atoms with Gasteiger partial charge in [-0.05, 0) is 56.5 Å². The van der Waals surface area contributed by atoms with Crippen LogP contribution in [-0.2, 0) is 14.8 Å². The highest BCUT2D eigenvalue weighted by atomic mass is 79.9. The first-order valence-electron chi connectivity index (χ1n) is 9.02. The molecule has 0 atom stereocenters. The Labute approximate surface area is 179 Å². The molecule has 1 aliphatic heterocycles. The minimum atomic E-state index is -3.55. The molecule has 0 bridgehead atoms. The minimum absolute atomic E-state index is 0.132. The van der Waals surface area contributed by atoms with Crippen molar-refractivity contribution < 1.29 is 13.2 Å². The van der Waals surface area contributed by atoms with Crippen molar-refractivity contribution in [3.05, 3.63) is 57.0 Å². The molecule has 0 aliphatic carbocycles. The van der Waals surface area contributed by atoms with Gasteiger partial charge in [0.05, 0.1) is 15.6 Å². The SMILES string of the molecule is Cc1ccc(S(=O)(=O)N2CCC(C(=O)Nc3ccc(Br)cc3Cl)CC2)c(C)c1. The summed E-state index contributed by atoms with van der Waals surface area (Å²) in [6.45, 7) is 4.39. The maximum atomic E-state index is 13.0. The number of hydrogen-bond donors (Lipinski definition) is 1. The van der Waals surface area contributed by atoms with E-state index < -0.39 is 10.0 Å². The second kappa shape index (κ2) is 8.53. The van der Waals surface area contributed by atoms with Crippen LogP contribution < -0.4 is 5.32 Å². The molecule has 8 heteroatoms. The van der Waals surface area contributed by atoms with Crippen LogP contribution in [0.1, 0.15) is 24.0 Å². The number of nitrogens with zero attached hydrogens (tertiary/aromatic N) is 1. The summed E-state index contributed by atoms with van der Waals surface area (Å²) in [5, 5.41) is 3.30. The van der Waals surface area contributed by atoms with Crippen molar-refractivity contribution in [3.63, 3.8) is 0 Å². The first-order chi connectivity index (χ1) is 13.2. The predicted octanol–water partition coefficient (Wildman–Crippen LogP) is 4.76. The number of piperidine rings is 1. The molecule has 0 aromatic heterocycles.